The first-order valence-electron chi connectivity index (χ1n) is 8.75. The summed E-state index contributed by atoms with van der Waals surface area (Å²) in [6, 6.07) is 7.49. The number of rotatable bonds is 3. The average Bonchev–Trinajstić information content (AvgIpc) is 3.08. The van der Waals surface area contributed by atoms with Gasteiger partial charge in [0.25, 0.3) is 5.56 Å². The molecule has 2 aliphatic heterocycles. The number of nitrogens with zero attached hydrogens (tertiary/aromatic N) is 1. The monoisotopic (exact) mass is 357 g/mol. The second-order valence-corrected chi connectivity index (χ2v) is 7.67. The van der Waals surface area contributed by atoms with Gasteiger partial charge in [-0.2, -0.15) is 0 Å². The number of methoxy groups -OCH3 is 1. The third kappa shape index (κ3) is 2.63. The van der Waals surface area contributed by atoms with Crippen molar-refractivity contribution in [1.82, 2.24) is 15.2 Å². The lowest BCUT2D eigenvalue weighted by atomic mass is 9.83. The van der Waals surface area contributed by atoms with Crippen LogP contribution in [0.5, 0.6) is 5.75 Å². The number of benzene rings is 1. The predicted molar refractivity (Wildman–Crippen MR) is 97.4 cm³/mol. The fourth-order valence-corrected chi connectivity index (χ4v) is 4.00. The third-order valence-electron chi connectivity index (χ3n) is 5.67. The number of nitrogens with one attached hydrogen (secondary N) is 2. The molecular weight excluding hydrogens is 334 g/mol. The minimum atomic E-state index is -0.545. The molecule has 2 fully saturated rings. The number of fused-ring (bicyclic) bond motifs is 1. The van der Waals surface area contributed by atoms with Crippen molar-refractivity contribution in [1.29, 1.82) is 0 Å². The fraction of sp³-hybridized carbons (Fsp3) is 0.474. The van der Waals surface area contributed by atoms with Gasteiger partial charge in [-0.05, 0) is 38.1 Å². The highest BCUT2D eigenvalue weighted by molar-refractivity contribution is 5.80. The van der Waals surface area contributed by atoms with Crippen LogP contribution in [0.1, 0.15) is 25.8 Å². The first-order chi connectivity index (χ1) is 12.3. The Bertz CT molecular complexity index is 936. The van der Waals surface area contributed by atoms with Gasteiger partial charge in [0.2, 0.25) is 0 Å². The molecule has 2 saturated heterocycles. The number of likely N-dealkylation sites (tertiary alicyclic amines) is 1. The maximum Gasteiger partial charge on any atom is 0.408 e. The van der Waals surface area contributed by atoms with Gasteiger partial charge >= 0.3 is 6.09 Å². The number of aromatic amines is 1. The zero-order valence-corrected chi connectivity index (χ0v) is 15.2. The molecule has 0 bridgehead atoms. The van der Waals surface area contributed by atoms with Gasteiger partial charge in [-0.1, -0.05) is 0 Å². The Labute approximate surface area is 151 Å². The van der Waals surface area contributed by atoms with Gasteiger partial charge in [-0.15, -0.1) is 0 Å². The fourth-order valence-electron chi connectivity index (χ4n) is 4.00. The van der Waals surface area contributed by atoms with Crippen LogP contribution in [0.25, 0.3) is 10.9 Å². The van der Waals surface area contributed by atoms with E-state index in [9.17, 15) is 9.59 Å². The topological polar surface area (TPSA) is 83.7 Å². The Hall–Kier alpha value is -2.54. The molecule has 138 valence electrons. The van der Waals surface area contributed by atoms with E-state index in [0.29, 0.717) is 18.7 Å². The zero-order chi connectivity index (χ0) is 18.5. The molecule has 4 rings (SSSR count). The quantitative estimate of drug-likeness (QED) is 0.878. The third-order valence-corrected chi connectivity index (χ3v) is 5.67. The van der Waals surface area contributed by atoms with Crippen LogP contribution >= 0.6 is 0 Å². The van der Waals surface area contributed by atoms with Crippen molar-refractivity contribution in [3.8, 4) is 5.75 Å². The molecule has 1 spiro atoms. The summed E-state index contributed by atoms with van der Waals surface area (Å²) in [4.78, 5) is 29.3. The van der Waals surface area contributed by atoms with Crippen LogP contribution in [0, 0.1) is 0 Å². The first-order valence-corrected chi connectivity index (χ1v) is 8.75. The van der Waals surface area contributed by atoms with Crippen LogP contribution in [0.2, 0.25) is 0 Å². The van der Waals surface area contributed by atoms with Gasteiger partial charge in [-0.3, -0.25) is 9.69 Å². The van der Waals surface area contributed by atoms with E-state index in [2.05, 4.69) is 15.2 Å². The first kappa shape index (κ1) is 16.9. The number of carbonyl (C=O) groups excluding carboxylic acids is 1. The molecular formula is C19H23N3O4. The van der Waals surface area contributed by atoms with E-state index in [1.807, 2.05) is 38.1 Å². The van der Waals surface area contributed by atoms with Crippen LogP contribution in [0.3, 0.4) is 0 Å². The van der Waals surface area contributed by atoms with Gasteiger partial charge in [0.15, 0.2) is 5.60 Å². The highest BCUT2D eigenvalue weighted by Crippen LogP contribution is 2.40. The van der Waals surface area contributed by atoms with Crippen LogP contribution in [-0.4, -0.2) is 47.3 Å². The number of pyridine rings is 1. The van der Waals surface area contributed by atoms with Crippen molar-refractivity contribution in [2.24, 2.45) is 0 Å². The molecule has 7 heteroatoms. The SMILES string of the molecule is COc1ccc2[nH]c(=O)c(CN3CCC4(C3)OC(=O)NC4(C)C)cc2c1. The number of hydrogen-bond donors (Lipinski definition) is 2. The van der Waals surface area contributed by atoms with Gasteiger partial charge in [0.1, 0.15) is 5.75 Å². The standard InChI is InChI=1S/C19H23N3O4/c1-18(2)19(26-17(24)21-18)6-7-22(11-19)10-13-8-12-9-14(25-3)4-5-15(12)20-16(13)23/h4-5,8-9H,6-7,10-11H2,1-3H3,(H,20,23)(H,21,24). The molecule has 1 aromatic carbocycles. The number of ether oxygens (including phenoxy) is 2. The predicted octanol–water partition coefficient (Wildman–Crippen LogP) is 2.00. The van der Waals surface area contributed by atoms with Gasteiger partial charge in [0.05, 0.1) is 12.6 Å². The zero-order valence-electron chi connectivity index (χ0n) is 15.2. The molecule has 2 aliphatic rings. The summed E-state index contributed by atoms with van der Waals surface area (Å²) in [5, 5.41) is 3.82. The van der Waals surface area contributed by atoms with E-state index < -0.39 is 11.1 Å². The summed E-state index contributed by atoms with van der Waals surface area (Å²) in [5.74, 6) is 0.751. The average molecular weight is 357 g/mol. The summed E-state index contributed by atoms with van der Waals surface area (Å²) in [6.45, 7) is 5.85. The number of carbonyl (C=O) groups is 1. The van der Waals surface area contributed by atoms with Crippen molar-refractivity contribution in [3.05, 3.63) is 40.2 Å². The van der Waals surface area contributed by atoms with Crippen LogP contribution in [0.4, 0.5) is 4.79 Å². The summed E-state index contributed by atoms with van der Waals surface area (Å²) < 4.78 is 10.9. The van der Waals surface area contributed by atoms with Crippen molar-refractivity contribution < 1.29 is 14.3 Å². The minimum Gasteiger partial charge on any atom is -0.497 e. The summed E-state index contributed by atoms with van der Waals surface area (Å²) in [5.41, 5.74) is 0.411. The molecule has 2 aromatic rings. The molecule has 0 saturated carbocycles. The Kier molecular flexibility index (Phi) is 3.73. The summed E-state index contributed by atoms with van der Waals surface area (Å²) in [7, 11) is 1.62. The summed E-state index contributed by atoms with van der Waals surface area (Å²) in [6.07, 6.45) is 0.380. The molecule has 2 N–H and O–H groups in total. The van der Waals surface area contributed by atoms with Gasteiger partial charge < -0.3 is 19.8 Å². The van der Waals surface area contributed by atoms with Crippen molar-refractivity contribution in [3.63, 3.8) is 0 Å². The Morgan fingerprint density at radius 2 is 2.08 bits per heavy atom. The van der Waals surface area contributed by atoms with E-state index in [1.54, 1.807) is 7.11 Å². The second kappa shape index (κ2) is 5.74. The highest BCUT2D eigenvalue weighted by atomic mass is 16.6. The molecule has 0 radical (unpaired) electrons. The molecule has 1 amide bonds. The number of hydrogen-bond acceptors (Lipinski definition) is 5. The molecule has 0 aliphatic carbocycles. The second-order valence-electron chi connectivity index (χ2n) is 7.67. The van der Waals surface area contributed by atoms with Crippen LogP contribution in [-0.2, 0) is 11.3 Å². The Morgan fingerprint density at radius 3 is 2.77 bits per heavy atom. The van der Waals surface area contributed by atoms with E-state index in [4.69, 9.17) is 9.47 Å². The van der Waals surface area contributed by atoms with Crippen molar-refractivity contribution >= 4 is 17.0 Å². The molecule has 26 heavy (non-hydrogen) atoms. The normalized spacial score (nSPS) is 24.8. The van der Waals surface area contributed by atoms with Gasteiger partial charge in [-0.25, -0.2) is 4.79 Å². The highest BCUT2D eigenvalue weighted by Gasteiger charge is 2.58. The number of amides is 1. The Morgan fingerprint density at radius 1 is 1.27 bits per heavy atom. The lowest BCUT2D eigenvalue weighted by Gasteiger charge is -2.34. The molecule has 1 aromatic heterocycles. The maximum absolute atomic E-state index is 12.5. The largest absolute Gasteiger partial charge is 0.497 e. The molecule has 7 nitrogen and oxygen atoms in total. The van der Waals surface area contributed by atoms with Gasteiger partial charge in [0, 0.05) is 42.5 Å². The molecule has 3 heterocycles. The molecule has 1 atom stereocenters. The van der Waals surface area contributed by atoms with Crippen molar-refractivity contribution in [2.45, 2.75) is 38.0 Å². The van der Waals surface area contributed by atoms with E-state index >= 15 is 0 Å². The van der Waals surface area contributed by atoms with Crippen LogP contribution in [0.15, 0.2) is 29.1 Å². The molecule has 1 unspecified atom stereocenters. The van der Waals surface area contributed by atoms with E-state index in [0.717, 1.165) is 29.6 Å². The lowest BCUT2D eigenvalue weighted by Crippen LogP contribution is -2.54. The summed E-state index contributed by atoms with van der Waals surface area (Å²) >= 11 is 0. The lowest BCUT2D eigenvalue weighted by molar-refractivity contribution is 0.0187. The number of H-pyrrole nitrogens is 1. The Balaban J connectivity index is 1.59. The minimum absolute atomic E-state index is 0.0931. The maximum atomic E-state index is 12.5. The van der Waals surface area contributed by atoms with E-state index in [-0.39, 0.29) is 11.7 Å². The number of alkyl carbamates (subject to hydrolysis) is 1. The van der Waals surface area contributed by atoms with E-state index in [1.165, 1.54) is 0 Å². The van der Waals surface area contributed by atoms with Crippen LogP contribution < -0.4 is 15.6 Å². The smallest absolute Gasteiger partial charge is 0.408 e. The number of aromatic nitrogens is 1. The van der Waals surface area contributed by atoms with Crippen molar-refractivity contribution in [2.75, 3.05) is 20.2 Å².